The molecule has 0 saturated carbocycles. The molecule has 0 spiro atoms. The predicted octanol–water partition coefficient (Wildman–Crippen LogP) is 6.31. The van der Waals surface area contributed by atoms with Gasteiger partial charge in [0.1, 0.15) is 11.5 Å². The number of benzene rings is 4. The van der Waals surface area contributed by atoms with Gasteiger partial charge in [-0.2, -0.15) is 0 Å². The van der Waals surface area contributed by atoms with Gasteiger partial charge in [0, 0.05) is 10.8 Å². The smallest absolute Gasteiger partial charge is 0.178 e. The first-order valence-electron chi connectivity index (χ1n) is 9.73. The standard InChI is InChI=1S/C27H22O3/c1-29-26-17-13-19(22-7-3-5-9-24(22)26)11-15-21(28)16-12-20-14-18-27(30-2)25-10-6-4-8-23(20)25/h3-18H,1-2H3/b15-11+,16-12+. The molecule has 0 aliphatic heterocycles. The van der Waals surface area contributed by atoms with E-state index in [0.29, 0.717) is 0 Å². The molecule has 0 unspecified atom stereocenters. The van der Waals surface area contributed by atoms with E-state index in [0.717, 1.165) is 44.2 Å². The molecular weight excluding hydrogens is 372 g/mol. The molecule has 0 atom stereocenters. The molecule has 0 fully saturated rings. The van der Waals surface area contributed by atoms with Crippen LogP contribution < -0.4 is 9.47 Å². The fourth-order valence-electron chi connectivity index (χ4n) is 3.64. The second-order valence-corrected chi connectivity index (χ2v) is 6.87. The quantitative estimate of drug-likeness (QED) is 0.360. The van der Waals surface area contributed by atoms with Crippen LogP contribution in [-0.2, 0) is 4.79 Å². The summed E-state index contributed by atoms with van der Waals surface area (Å²) in [4.78, 5) is 12.5. The van der Waals surface area contributed by atoms with E-state index in [1.807, 2.05) is 84.9 Å². The van der Waals surface area contributed by atoms with Crippen molar-refractivity contribution >= 4 is 39.5 Å². The summed E-state index contributed by atoms with van der Waals surface area (Å²) in [6.07, 6.45) is 6.88. The first-order valence-corrected chi connectivity index (χ1v) is 9.73. The highest BCUT2D eigenvalue weighted by Crippen LogP contribution is 2.30. The molecule has 0 aliphatic carbocycles. The third kappa shape index (κ3) is 3.83. The van der Waals surface area contributed by atoms with E-state index >= 15 is 0 Å². The summed E-state index contributed by atoms with van der Waals surface area (Å²) in [5.74, 6) is 1.57. The van der Waals surface area contributed by atoms with Gasteiger partial charge in [-0.25, -0.2) is 0 Å². The Hall–Kier alpha value is -3.85. The normalized spacial score (nSPS) is 11.5. The Balaban J connectivity index is 1.60. The maximum atomic E-state index is 12.5. The van der Waals surface area contributed by atoms with Crippen molar-refractivity contribution in [2.24, 2.45) is 0 Å². The SMILES string of the molecule is COc1ccc(/C=C/C(=O)/C=C/c2ccc(OC)c3ccccc23)c2ccccc12. The fourth-order valence-corrected chi connectivity index (χ4v) is 3.64. The van der Waals surface area contributed by atoms with Gasteiger partial charge in [-0.3, -0.25) is 4.79 Å². The maximum absolute atomic E-state index is 12.5. The van der Waals surface area contributed by atoms with Gasteiger partial charge in [0.2, 0.25) is 0 Å². The molecule has 0 amide bonds. The Morgan fingerprint density at radius 1 is 0.600 bits per heavy atom. The van der Waals surface area contributed by atoms with Crippen molar-refractivity contribution in [2.75, 3.05) is 14.2 Å². The number of hydrogen-bond acceptors (Lipinski definition) is 3. The first-order chi connectivity index (χ1) is 14.7. The number of carbonyl (C=O) groups excluding carboxylic acids is 1. The van der Waals surface area contributed by atoms with Gasteiger partial charge in [-0.15, -0.1) is 0 Å². The average Bonchev–Trinajstić information content (AvgIpc) is 2.80. The van der Waals surface area contributed by atoms with Crippen molar-refractivity contribution in [1.82, 2.24) is 0 Å². The molecule has 4 rings (SSSR count). The number of fused-ring (bicyclic) bond motifs is 2. The molecule has 4 aromatic carbocycles. The highest BCUT2D eigenvalue weighted by molar-refractivity contribution is 6.07. The van der Waals surface area contributed by atoms with Crippen LogP contribution in [0.5, 0.6) is 11.5 Å². The van der Waals surface area contributed by atoms with E-state index < -0.39 is 0 Å². The minimum atomic E-state index is -0.0743. The molecule has 0 aromatic heterocycles. The van der Waals surface area contributed by atoms with Crippen LogP contribution in [0.2, 0.25) is 0 Å². The van der Waals surface area contributed by atoms with Crippen LogP contribution in [0.15, 0.2) is 84.9 Å². The Kier molecular flexibility index (Phi) is 5.62. The van der Waals surface area contributed by atoms with Crippen LogP contribution in [-0.4, -0.2) is 20.0 Å². The number of methoxy groups -OCH3 is 2. The van der Waals surface area contributed by atoms with Crippen molar-refractivity contribution in [3.8, 4) is 11.5 Å². The molecule has 0 radical (unpaired) electrons. The molecule has 148 valence electrons. The molecule has 0 saturated heterocycles. The topological polar surface area (TPSA) is 35.5 Å². The molecular formula is C27H22O3. The van der Waals surface area contributed by atoms with Gasteiger partial charge in [-0.05, 0) is 46.2 Å². The van der Waals surface area contributed by atoms with Crippen LogP contribution in [0.4, 0.5) is 0 Å². The van der Waals surface area contributed by atoms with Crippen LogP contribution in [0, 0.1) is 0 Å². The zero-order valence-corrected chi connectivity index (χ0v) is 17.0. The van der Waals surface area contributed by atoms with Crippen molar-refractivity contribution in [3.05, 3.63) is 96.1 Å². The minimum Gasteiger partial charge on any atom is -0.496 e. The first kappa shape index (κ1) is 19.5. The molecule has 4 aromatic rings. The number of carbonyl (C=O) groups is 1. The van der Waals surface area contributed by atoms with Crippen LogP contribution in [0.1, 0.15) is 11.1 Å². The predicted molar refractivity (Wildman–Crippen MR) is 124 cm³/mol. The van der Waals surface area contributed by atoms with Gasteiger partial charge in [0.05, 0.1) is 14.2 Å². The van der Waals surface area contributed by atoms with Crippen molar-refractivity contribution in [1.29, 1.82) is 0 Å². The van der Waals surface area contributed by atoms with Gasteiger partial charge < -0.3 is 9.47 Å². The summed E-state index contributed by atoms with van der Waals surface area (Å²) < 4.78 is 10.9. The van der Waals surface area contributed by atoms with E-state index in [4.69, 9.17) is 9.47 Å². The fraction of sp³-hybridized carbons (Fsp3) is 0.0741. The minimum absolute atomic E-state index is 0.0743. The molecule has 30 heavy (non-hydrogen) atoms. The molecule has 0 N–H and O–H groups in total. The lowest BCUT2D eigenvalue weighted by Crippen LogP contribution is -1.89. The van der Waals surface area contributed by atoms with Gasteiger partial charge >= 0.3 is 0 Å². The molecule has 0 heterocycles. The Bertz CT molecular complexity index is 1180. The highest BCUT2D eigenvalue weighted by atomic mass is 16.5. The zero-order chi connectivity index (χ0) is 20.9. The third-order valence-electron chi connectivity index (χ3n) is 5.13. The zero-order valence-electron chi connectivity index (χ0n) is 17.0. The van der Waals surface area contributed by atoms with Gasteiger partial charge in [-0.1, -0.05) is 72.8 Å². The largest absolute Gasteiger partial charge is 0.496 e. The second kappa shape index (κ2) is 8.66. The van der Waals surface area contributed by atoms with E-state index in [2.05, 4.69) is 0 Å². The Morgan fingerprint density at radius 2 is 1.00 bits per heavy atom. The number of ketones is 1. The summed E-state index contributed by atoms with van der Waals surface area (Å²) in [6.45, 7) is 0. The molecule has 0 bridgehead atoms. The summed E-state index contributed by atoms with van der Waals surface area (Å²) in [6, 6.07) is 23.8. The summed E-state index contributed by atoms with van der Waals surface area (Å²) in [5, 5.41) is 4.14. The van der Waals surface area contributed by atoms with Crippen molar-refractivity contribution < 1.29 is 14.3 Å². The van der Waals surface area contributed by atoms with Gasteiger partial charge in [0.25, 0.3) is 0 Å². The number of ether oxygens (including phenoxy) is 2. The summed E-state index contributed by atoms with van der Waals surface area (Å²) in [7, 11) is 3.32. The summed E-state index contributed by atoms with van der Waals surface area (Å²) >= 11 is 0. The van der Waals surface area contributed by atoms with Crippen LogP contribution in [0.3, 0.4) is 0 Å². The maximum Gasteiger partial charge on any atom is 0.178 e. The van der Waals surface area contributed by atoms with Gasteiger partial charge in [0.15, 0.2) is 5.78 Å². The number of allylic oxidation sites excluding steroid dienone is 2. The van der Waals surface area contributed by atoms with Crippen LogP contribution in [0.25, 0.3) is 33.7 Å². The Labute approximate surface area is 175 Å². The number of rotatable bonds is 6. The monoisotopic (exact) mass is 394 g/mol. The second-order valence-electron chi connectivity index (χ2n) is 6.87. The van der Waals surface area contributed by atoms with E-state index in [1.54, 1.807) is 26.4 Å². The number of hydrogen-bond donors (Lipinski definition) is 0. The lowest BCUT2D eigenvalue weighted by molar-refractivity contribution is -0.110. The highest BCUT2D eigenvalue weighted by Gasteiger charge is 2.05. The molecule has 3 heteroatoms. The van der Waals surface area contributed by atoms with E-state index in [9.17, 15) is 4.79 Å². The van der Waals surface area contributed by atoms with E-state index in [-0.39, 0.29) is 5.78 Å². The molecule has 0 aliphatic rings. The van der Waals surface area contributed by atoms with E-state index in [1.165, 1.54) is 0 Å². The van der Waals surface area contributed by atoms with Crippen LogP contribution >= 0.6 is 0 Å². The van der Waals surface area contributed by atoms with Crippen molar-refractivity contribution in [2.45, 2.75) is 0 Å². The average molecular weight is 394 g/mol. The molecule has 3 nitrogen and oxygen atoms in total. The lowest BCUT2D eigenvalue weighted by Gasteiger charge is -2.08. The van der Waals surface area contributed by atoms with Crippen molar-refractivity contribution in [3.63, 3.8) is 0 Å². The Morgan fingerprint density at radius 3 is 1.40 bits per heavy atom. The summed E-state index contributed by atoms with van der Waals surface area (Å²) in [5.41, 5.74) is 1.95. The lowest BCUT2D eigenvalue weighted by atomic mass is 10.0. The third-order valence-corrected chi connectivity index (χ3v) is 5.13.